The van der Waals surface area contributed by atoms with Crippen molar-refractivity contribution in [2.75, 3.05) is 0 Å². The van der Waals surface area contributed by atoms with Crippen LogP contribution in [0.4, 0.5) is 0 Å². The molecule has 2 aromatic carbocycles. The molecule has 0 radical (unpaired) electrons. The zero-order chi connectivity index (χ0) is 17.6. The molecule has 2 heterocycles. The molecule has 5 heteroatoms. The molecule has 0 aliphatic carbocycles. The van der Waals surface area contributed by atoms with Gasteiger partial charge in [-0.1, -0.05) is 41.4 Å². The molecule has 0 spiro atoms. The topological polar surface area (TPSA) is 39.3 Å². The number of imidazole rings is 1. The number of aromatic nitrogens is 3. The number of nitrogens with zero attached hydrogens (tertiary/aromatic N) is 3. The number of aryl methyl sites for hydroxylation is 2. The van der Waals surface area contributed by atoms with Crippen LogP contribution < -0.4 is 5.56 Å². The summed E-state index contributed by atoms with van der Waals surface area (Å²) in [6.07, 6.45) is 5.48. The van der Waals surface area contributed by atoms with E-state index in [1.54, 1.807) is 15.2 Å². The van der Waals surface area contributed by atoms with E-state index in [1.807, 2.05) is 62.6 Å². The Labute approximate surface area is 150 Å². The molecule has 124 valence electrons. The van der Waals surface area contributed by atoms with E-state index in [0.717, 1.165) is 22.5 Å². The third-order valence-corrected chi connectivity index (χ3v) is 4.52. The van der Waals surface area contributed by atoms with Crippen molar-refractivity contribution in [3.63, 3.8) is 0 Å². The van der Waals surface area contributed by atoms with Gasteiger partial charge in [0.15, 0.2) is 0 Å². The molecule has 0 saturated heterocycles. The molecule has 0 bridgehead atoms. The second-order valence-corrected chi connectivity index (χ2v) is 6.56. The molecule has 4 nitrogen and oxygen atoms in total. The van der Waals surface area contributed by atoms with Gasteiger partial charge in [0.1, 0.15) is 0 Å². The van der Waals surface area contributed by atoms with E-state index < -0.39 is 0 Å². The molecule has 4 aromatic rings. The summed E-state index contributed by atoms with van der Waals surface area (Å²) < 4.78 is 3.40. The second-order valence-electron chi connectivity index (χ2n) is 6.13. The average molecular weight is 350 g/mol. The number of rotatable bonds is 2. The van der Waals surface area contributed by atoms with Gasteiger partial charge in [0.2, 0.25) is 5.65 Å². The van der Waals surface area contributed by atoms with Crippen LogP contribution >= 0.6 is 11.6 Å². The summed E-state index contributed by atoms with van der Waals surface area (Å²) in [5, 5.41) is 0.671. The Balaban J connectivity index is 1.88. The monoisotopic (exact) mass is 349 g/mol. The first-order valence-electron chi connectivity index (χ1n) is 7.97. The van der Waals surface area contributed by atoms with Crippen LogP contribution in [0.15, 0.2) is 65.8 Å². The van der Waals surface area contributed by atoms with E-state index >= 15 is 0 Å². The third-order valence-electron chi connectivity index (χ3n) is 4.27. The van der Waals surface area contributed by atoms with Crippen LogP contribution in [0.1, 0.15) is 11.1 Å². The lowest BCUT2D eigenvalue weighted by atomic mass is 10.1. The summed E-state index contributed by atoms with van der Waals surface area (Å²) in [5.41, 5.74) is 5.01. The maximum absolute atomic E-state index is 12.9. The van der Waals surface area contributed by atoms with Gasteiger partial charge in [-0.15, -0.1) is 0 Å². The van der Waals surface area contributed by atoms with Gasteiger partial charge in [-0.25, -0.2) is 4.98 Å². The number of benzene rings is 2. The lowest BCUT2D eigenvalue weighted by molar-refractivity contribution is 0.940. The normalized spacial score (nSPS) is 11.2. The molecule has 0 N–H and O–H groups in total. The van der Waals surface area contributed by atoms with Crippen molar-refractivity contribution in [1.82, 2.24) is 14.0 Å². The van der Waals surface area contributed by atoms with Gasteiger partial charge < -0.3 is 4.40 Å². The summed E-state index contributed by atoms with van der Waals surface area (Å²) in [7, 11) is 0. The van der Waals surface area contributed by atoms with Gasteiger partial charge in [0, 0.05) is 29.2 Å². The van der Waals surface area contributed by atoms with Crippen LogP contribution in [0, 0.1) is 13.8 Å². The quantitative estimate of drug-likeness (QED) is 0.537. The SMILES string of the molecule is Cc1ccc(-n2ccn3cc(-c4ccc(Cl)cc4)nc3c2=O)c(C)c1. The first-order chi connectivity index (χ1) is 12.0. The Kier molecular flexibility index (Phi) is 3.70. The maximum Gasteiger partial charge on any atom is 0.298 e. The first-order valence-corrected chi connectivity index (χ1v) is 8.35. The van der Waals surface area contributed by atoms with Crippen LogP contribution in [-0.2, 0) is 0 Å². The Morgan fingerprint density at radius 1 is 1.00 bits per heavy atom. The number of hydrogen-bond acceptors (Lipinski definition) is 2. The summed E-state index contributed by atoms with van der Waals surface area (Å²) in [6, 6.07) is 13.5. The van der Waals surface area contributed by atoms with Gasteiger partial charge in [-0.2, -0.15) is 0 Å². The predicted molar refractivity (Wildman–Crippen MR) is 101 cm³/mol. The van der Waals surface area contributed by atoms with Gasteiger partial charge in [0.05, 0.1) is 11.4 Å². The molecule has 4 rings (SSSR count). The highest BCUT2D eigenvalue weighted by molar-refractivity contribution is 6.30. The molecule has 2 aromatic heterocycles. The van der Waals surface area contributed by atoms with E-state index in [4.69, 9.17) is 11.6 Å². The molecule has 0 aliphatic rings. The van der Waals surface area contributed by atoms with E-state index in [9.17, 15) is 4.79 Å². The molecular formula is C20H16ClN3O. The second kappa shape index (κ2) is 5.90. The van der Waals surface area contributed by atoms with Crippen molar-refractivity contribution in [3.05, 3.63) is 87.6 Å². The highest BCUT2D eigenvalue weighted by Crippen LogP contribution is 2.21. The molecule has 0 aliphatic heterocycles. The van der Waals surface area contributed by atoms with E-state index in [0.29, 0.717) is 10.7 Å². The number of fused-ring (bicyclic) bond motifs is 1. The van der Waals surface area contributed by atoms with Crippen molar-refractivity contribution < 1.29 is 0 Å². The fourth-order valence-corrected chi connectivity index (χ4v) is 3.13. The van der Waals surface area contributed by atoms with Crippen molar-refractivity contribution in [2.45, 2.75) is 13.8 Å². The van der Waals surface area contributed by atoms with Crippen molar-refractivity contribution in [1.29, 1.82) is 0 Å². The Hall–Kier alpha value is -2.85. The standard InChI is InChI=1S/C20H16ClN3O/c1-13-3-8-18(14(2)11-13)24-10-9-23-12-17(22-19(23)20(24)25)15-4-6-16(21)7-5-15/h3-12H,1-2H3. The highest BCUT2D eigenvalue weighted by Gasteiger charge is 2.11. The summed E-state index contributed by atoms with van der Waals surface area (Å²) >= 11 is 5.94. The lowest BCUT2D eigenvalue weighted by Crippen LogP contribution is -2.20. The van der Waals surface area contributed by atoms with Crippen molar-refractivity contribution in [2.24, 2.45) is 0 Å². The first kappa shape index (κ1) is 15.7. The minimum absolute atomic E-state index is 0.144. The number of halogens is 1. The fraction of sp³-hybridized carbons (Fsp3) is 0.100. The van der Waals surface area contributed by atoms with E-state index in [2.05, 4.69) is 11.1 Å². The third kappa shape index (κ3) is 2.75. The van der Waals surface area contributed by atoms with Crippen LogP contribution in [0.3, 0.4) is 0 Å². The fourth-order valence-electron chi connectivity index (χ4n) is 3.00. The lowest BCUT2D eigenvalue weighted by Gasteiger charge is -2.09. The summed E-state index contributed by atoms with van der Waals surface area (Å²) in [5.74, 6) is 0. The molecule has 25 heavy (non-hydrogen) atoms. The molecule has 0 fully saturated rings. The van der Waals surface area contributed by atoms with Crippen molar-refractivity contribution >= 4 is 17.2 Å². The van der Waals surface area contributed by atoms with Gasteiger partial charge in [-0.3, -0.25) is 9.36 Å². The molecule has 0 amide bonds. The van der Waals surface area contributed by atoms with Crippen LogP contribution in [0.25, 0.3) is 22.6 Å². The molecular weight excluding hydrogens is 334 g/mol. The van der Waals surface area contributed by atoms with E-state index in [1.165, 1.54) is 5.56 Å². The predicted octanol–water partition coefficient (Wildman–Crippen LogP) is 4.42. The van der Waals surface area contributed by atoms with Crippen LogP contribution in [0.2, 0.25) is 5.02 Å². The zero-order valence-electron chi connectivity index (χ0n) is 13.9. The smallest absolute Gasteiger partial charge is 0.298 e. The van der Waals surface area contributed by atoms with Gasteiger partial charge in [0.25, 0.3) is 5.56 Å². The number of hydrogen-bond donors (Lipinski definition) is 0. The van der Waals surface area contributed by atoms with E-state index in [-0.39, 0.29) is 5.56 Å². The maximum atomic E-state index is 12.9. The average Bonchev–Trinajstić information content (AvgIpc) is 3.02. The van der Waals surface area contributed by atoms with Gasteiger partial charge in [-0.05, 0) is 37.6 Å². The summed E-state index contributed by atoms with van der Waals surface area (Å²) in [4.78, 5) is 17.5. The highest BCUT2D eigenvalue weighted by atomic mass is 35.5. The Morgan fingerprint density at radius 2 is 1.76 bits per heavy atom. The molecule has 0 saturated carbocycles. The Bertz CT molecular complexity index is 1140. The van der Waals surface area contributed by atoms with Crippen molar-refractivity contribution in [3.8, 4) is 16.9 Å². The summed E-state index contributed by atoms with van der Waals surface area (Å²) in [6.45, 7) is 4.04. The largest absolute Gasteiger partial charge is 0.300 e. The molecule has 0 unspecified atom stereocenters. The Morgan fingerprint density at radius 3 is 2.48 bits per heavy atom. The van der Waals surface area contributed by atoms with Crippen LogP contribution in [0.5, 0.6) is 0 Å². The molecule has 0 atom stereocenters. The van der Waals surface area contributed by atoms with Crippen LogP contribution in [-0.4, -0.2) is 14.0 Å². The minimum Gasteiger partial charge on any atom is -0.300 e. The van der Waals surface area contributed by atoms with Gasteiger partial charge >= 0.3 is 0 Å². The zero-order valence-corrected chi connectivity index (χ0v) is 14.7. The minimum atomic E-state index is -0.144.